The van der Waals surface area contributed by atoms with Crippen molar-refractivity contribution in [3.8, 4) is 5.75 Å². The predicted octanol–water partition coefficient (Wildman–Crippen LogP) is 3.25. The van der Waals surface area contributed by atoms with Crippen molar-refractivity contribution in [2.45, 2.75) is 44.6 Å². The van der Waals surface area contributed by atoms with E-state index in [4.69, 9.17) is 12.2 Å². The molecule has 1 aliphatic carbocycles. The Labute approximate surface area is 137 Å². The van der Waals surface area contributed by atoms with Crippen molar-refractivity contribution in [3.63, 3.8) is 0 Å². The lowest BCUT2D eigenvalue weighted by Crippen LogP contribution is -2.40. The van der Waals surface area contributed by atoms with Crippen LogP contribution < -0.4 is 10.7 Å². The standard InChI is InChI=1S/C17H23N3OS/c1-2-7-13-8-6-9-14(16(13)21)12-18-20-17(22)19-15-10-4-3-5-11-15/h2,6,8-9,12,15,21H,1,3-5,7,10-11H2,(H2,19,20,22). The van der Waals surface area contributed by atoms with Crippen molar-refractivity contribution in [2.75, 3.05) is 0 Å². The summed E-state index contributed by atoms with van der Waals surface area (Å²) >= 11 is 5.24. The van der Waals surface area contributed by atoms with Gasteiger partial charge >= 0.3 is 0 Å². The highest BCUT2D eigenvalue weighted by Gasteiger charge is 2.13. The second-order valence-electron chi connectivity index (χ2n) is 5.53. The lowest BCUT2D eigenvalue weighted by Gasteiger charge is -2.23. The number of thiocarbonyl (C=S) groups is 1. The molecule has 0 heterocycles. The highest BCUT2D eigenvalue weighted by Crippen LogP contribution is 2.21. The zero-order valence-electron chi connectivity index (χ0n) is 12.7. The number of hydrogen-bond donors (Lipinski definition) is 3. The number of nitrogens with one attached hydrogen (secondary N) is 2. The van der Waals surface area contributed by atoms with Gasteiger partial charge in [-0.15, -0.1) is 6.58 Å². The van der Waals surface area contributed by atoms with Crippen molar-refractivity contribution in [1.29, 1.82) is 0 Å². The van der Waals surface area contributed by atoms with Crippen molar-refractivity contribution in [3.05, 3.63) is 42.0 Å². The molecule has 3 N–H and O–H groups in total. The first-order valence-electron chi connectivity index (χ1n) is 7.72. The average molecular weight is 317 g/mol. The number of allylic oxidation sites excluding steroid dienone is 1. The fourth-order valence-electron chi connectivity index (χ4n) is 2.66. The number of phenols is 1. The normalized spacial score (nSPS) is 15.6. The monoisotopic (exact) mass is 317 g/mol. The van der Waals surface area contributed by atoms with Crippen LogP contribution in [-0.2, 0) is 6.42 Å². The maximum absolute atomic E-state index is 10.1. The molecule has 118 valence electrons. The molecule has 0 spiro atoms. The molecule has 1 fully saturated rings. The largest absolute Gasteiger partial charge is 0.507 e. The summed E-state index contributed by atoms with van der Waals surface area (Å²) in [6.07, 6.45) is 10.1. The number of nitrogens with zero attached hydrogens (tertiary/aromatic N) is 1. The van der Waals surface area contributed by atoms with Gasteiger partial charge in [-0.2, -0.15) is 5.10 Å². The maximum Gasteiger partial charge on any atom is 0.187 e. The number of hydrazone groups is 1. The van der Waals surface area contributed by atoms with Crippen LogP contribution in [0, 0.1) is 0 Å². The van der Waals surface area contributed by atoms with Gasteiger partial charge in [-0.1, -0.05) is 37.5 Å². The second-order valence-corrected chi connectivity index (χ2v) is 5.93. The molecule has 5 heteroatoms. The lowest BCUT2D eigenvalue weighted by molar-refractivity contribution is 0.412. The minimum absolute atomic E-state index is 0.235. The number of benzene rings is 1. The fraction of sp³-hybridized carbons (Fsp3) is 0.412. The molecule has 0 bridgehead atoms. The minimum atomic E-state index is 0.235. The molecule has 22 heavy (non-hydrogen) atoms. The summed E-state index contributed by atoms with van der Waals surface area (Å²) in [7, 11) is 0. The van der Waals surface area contributed by atoms with Crippen LogP contribution in [0.2, 0.25) is 0 Å². The summed E-state index contributed by atoms with van der Waals surface area (Å²) in [4.78, 5) is 0. The molecule has 0 amide bonds. The number of phenolic OH excluding ortho intramolecular Hbond substituents is 1. The quantitative estimate of drug-likeness (QED) is 0.338. The Bertz CT molecular complexity index is 551. The molecule has 1 aromatic carbocycles. The Morgan fingerprint density at radius 2 is 2.14 bits per heavy atom. The van der Waals surface area contributed by atoms with E-state index < -0.39 is 0 Å². The van der Waals surface area contributed by atoms with E-state index in [1.54, 1.807) is 12.3 Å². The molecule has 0 aromatic heterocycles. The molecule has 0 atom stereocenters. The Kier molecular flexibility index (Phi) is 6.40. The lowest BCUT2D eigenvalue weighted by atomic mass is 9.96. The van der Waals surface area contributed by atoms with Gasteiger partial charge in [0, 0.05) is 11.6 Å². The second kappa shape index (κ2) is 8.54. The summed E-state index contributed by atoms with van der Waals surface area (Å²) in [5.74, 6) is 0.235. The van der Waals surface area contributed by atoms with E-state index >= 15 is 0 Å². The SMILES string of the molecule is C=CCc1cccc(C=NNC(=S)NC2CCCCC2)c1O. The van der Waals surface area contributed by atoms with Gasteiger partial charge in [-0.25, -0.2) is 0 Å². The topological polar surface area (TPSA) is 56.7 Å². The first-order chi connectivity index (χ1) is 10.7. The summed E-state index contributed by atoms with van der Waals surface area (Å²) in [6.45, 7) is 3.69. The number of para-hydroxylation sites is 1. The van der Waals surface area contributed by atoms with E-state index in [0.29, 0.717) is 23.1 Å². The van der Waals surface area contributed by atoms with Gasteiger partial charge in [0.1, 0.15) is 5.75 Å². The molecule has 0 aliphatic heterocycles. The van der Waals surface area contributed by atoms with Crippen LogP contribution in [0.15, 0.2) is 36.0 Å². The third kappa shape index (κ3) is 4.84. The van der Waals surface area contributed by atoms with Crippen molar-refractivity contribution in [1.82, 2.24) is 10.7 Å². The van der Waals surface area contributed by atoms with E-state index in [-0.39, 0.29) is 5.75 Å². The Morgan fingerprint density at radius 3 is 2.86 bits per heavy atom. The minimum Gasteiger partial charge on any atom is -0.507 e. The Balaban J connectivity index is 1.87. The van der Waals surface area contributed by atoms with Gasteiger partial charge in [0.2, 0.25) is 0 Å². The molecule has 0 radical (unpaired) electrons. The number of aromatic hydroxyl groups is 1. The summed E-state index contributed by atoms with van der Waals surface area (Å²) in [5.41, 5.74) is 4.31. The van der Waals surface area contributed by atoms with E-state index in [1.165, 1.54) is 19.3 Å². The van der Waals surface area contributed by atoms with Gasteiger partial charge in [0.15, 0.2) is 5.11 Å². The Hall–Kier alpha value is -1.88. The third-order valence-electron chi connectivity index (χ3n) is 3.83. The van der Waals surface area contributed by atoms with E-state index in [0.717, 1.165) is 18.4 Å². The molecule has 1 saturated carbocycles. The van der Waals surface area contributed by atoms with E-state index in [9.17, 15) is 5.11 Å². The van der Waals surface area contributed by atoms with Crippen molar-refractivity contribution >= 4 is 23.5 Å². The van der Waals surface area contributed by atoms with Crippen LogP contribution in [0.1, 0.15) is 43.2 Å². The molecule has 2 rings (SSSR count). The van der Waals surface area contributed by atoms with Gasteiger partial charge in [0.25, 0.3) is 0 Å². The predicted molar refractivity (Wildman–Crippen MR) is 95.3 cm³/mol. The smallest absolute Gasteiger partial charge is 0.187 e. The van der Waals surface area contributed by atoms with Crippen molar-refractivity contribution < 1.29 is 5.11 Å². The summed E-state index contributed by atoms with van der Waals surface area (Å²) in [5, 5.41) is 18.1. The van der Waals surface area contributed by atoms with Gasteiger partial charge in [0.05, 0.1) is 6.21 Å². The molecule has 1 aliphatic rings. The molecule has 0 saturated heterocycles. The van der Waals surface area contributed by atoms with Crippen molar-refractivity contribution in [2.24, 2.45) is 5.10 Å². The van der Waals surface area contributed by atoms with Crippen LogP contribution in [-0.4, -0.2) is 22.5 Å². The number of rotatable bonds is 5. The molecule has 0 unspecified atom stereocenters. The van der Waals surface area contributed by atoms with Gasteiger partial charge < -0.3 is 10.4 Å². The van der Waals surface area contributed by atoms with E-state index in [1.807, 2.05) is 18.2 Å². The fourth-order valence-corrected chi connectivity index (χ4v) is 2.88. The Morgan fingerprint density at radius 1 is 1.36 bits per heavy atom. The number of hydrogen-bond acceptors (Lipinski definition) is 3. The summed E-state index contributed by atoms with van der Waals surface area (Å²) < 4.78 is 0. The highest BCUT2D eigenvalue weighted by molar-refractivity contribution is 7.80. The highest BCUT2D eigenvalue weighted by atomic mass is 32.1. The maximum atomic E-state index is 10.1. The zero-order chi connectivity index (χ0) is 15.8. The first-order valence-corrected chi connectivity index (χ1v) is 8.13. The average Bonchev–Trinajstić information content (AvgIpc) is 2.52. The van der Waals surface area contributed by atoms with E-state index in [2.05, 4.69) is 22.4 Å². The van der Waals surface area contributed by atoms with Crippen LogP contribution in [0.5, 0.6) is 5.75 Å². The van der Waals surface area contributed by atoms with Crippen LogP contribution in [0.3, 0.4) is 0 Å². The third-order valence-corrected chi connectivity index (χ3v) is 4.03. The zero-order valence-corrected chi connectivity index (χ0v) is 13.5. The first kappa shape index (κ1) is 16.5. The van der Waals surface area contributed by atoms with Crippen LogP contribution in [0.25, 0.3) is 0 Å². The van der Waals surface area contributed by atoms with Gasteiger partial charge in [-0.3, -0.25) is 5.43 Å². The van der Waals surface area contributed by atoms with Crippen LogP contribution in [0.4, 0.5) is 0 Å². The summed E-state index contributed by atoms with van der Waals surface area (Å²) in [6, 6.07) is 6.02. The van der Waals surface area contributed by atoms with Gasteiger partial charge in [-0.05, 0) is 43.1 Å². The van der Waals surface area contributed by atoms with Crippen LogP contribution >= 0.6 is 12.2 Å². The molecule has 4 nitrogen and oxygen atoms in total. The molecule has 1 aromatic rings. The molecular formula is C17H23N3OS. The molecular weight excluding hydrogens is 294 g/mol.